The van der Waals surface area contributed by atoms with Gasteiger partial charge in [0.1, 0.15) is 5.75 Å². The Hall–Kier alpha value is -1.55. The Labute approximate surface area is 88.9 Å². The van der Waals surface area contributed by atoms with Crippen molar-refractivity contribution in [1.29, 1.82) is 0 Å². The molecule has 15 heavy (non-hydrogen) atoms. The summed E-state index contributed by atoms with van der Waals surface area (Å²) in [5.74, 6) is -0.697. The Morgan fingerprint density at radius 2 is 2.33 bits per heavy atom. The minimum Gasteiger partial charge on any atom is -0.497 e. The van der Waals surface area contributed by atoms with Crippen molar-refractivity contribution in [3.63, 3.8) is 0 Å². The van der Waals surface area contributed by atoms with E-state index in [1.165, 1.54) is 0 Å². The maximum Gasteiger partial charge on any atom is 0.312 e. The number of hydrogen-bond donors (Lipinski definition) is 2. The minimum atomic E-state index is -0.836. The molecule has 1 unspecified atom stereocenters. The van der Waals surface area contributed by atoms with E-state index in [2.05, 4.69) is 5.32 Å². The molecule has 0 aliphatic rings. The lowest BCUT2D eigenvalue weighted by molar-refractivity contribution is -0.138. The van der Waals surface area contributed by atoms with Gasteiger partial charge in [-0.2, -0.15) is 0 Å². The summed E-state index contributed by atoms with van der Waals surface area (Å²) >= 11 is 0. The molecule has 0 spiro atoms. The number of nitrogens with one attached hydrogen (secondary N) is 1. The summed E-state index contributed by atoms with van der Waals surface area (Å²) in [6.45, 7) is 0.405. The van der Waals surface area contributed by atoms with Crippen molar-refractivity contribution in [3.05, 3.63) is 29.8 Å². The van der Waals surface area contributed by atoms with Crippen LogP contribution < -0.4 is 10.1 Å². The van der Waals surface area contributed by atoms with Gasteiger partial charge >= 0.3 is 5.97 Å². The Morgan fingerprint density at radius 3 is 2.87 bits per heavy atom. The van der Waals surface area contributed by atoms with E-state index < -0.39 is 11.9 Å². The zero-order valence-corrected chi connectivity index (χ0v) is 8.86. The lowest BCUT2D eigenvalue weighted by Gasteiger charge is -2.12. The van der Waals surface area contributed by atoms with Crippen molar-refractivity contribution >= 4 is 5.97 Å². The Bertz CT molecular complexity index is 338. The Balaban J connectivity index is 2.94. The van der Waals surface area contributed by atoms with Gasteiger partial charge in [0, 0.05) is 6.54 Å². The first kappa shape index (κ1) is 11.5. The number of likely N-dealkylation sites (N-methyl/N-ethyl adjacent to an activating group) is 1. The lowest BCUT2D eigenvalue weighted by Crippen LogP contribution is -2.24. The Kier molecular flexibility index (Phi) is 4.12. The second kappa shape index (κ2) is 5.36. The highest BCUT2D eigenvalue weighted by molar-refractivity contribution is 5.76. The van der Waals surface area contributed by atoms with Crippen LogP contribution in [-0.2, 0) is 4.79 Å². The summed E-state index contributed by atoms with van der Waals surface area (Å²) in [4.78, 5) is 11.0. The molecule has 0 fully saturated rings. The molecule has 0 saturated heterocycles. The number of benzene rings is 1. The first-order chi connectivity index (χ1) is 7.19. The molecular weight excluding hydrogens is 194 g/mol. The normalized spacial score (nSPS) is 12.1. The van der Waals surface area contributed by atoms with E-state index in [1.54, 1.807) is 38.4 Å². The third-order valence-corrected chi connectivity index (χ3v) is 2.20. The number of carbonyl (C=O) groups is 1. The van der Waals surface area contributed by atoms with Gasteiger partial charge in [0.05, 0.1) is 13.0 Å². The highest BCUT2D eigenvalue weighted by atomic mass is 16.5. The van der Waals surface area contributed by atoms with Gasteiger partial charge in [-0.3, -0.25) is 4.79 Å². The van der Waals surface area contributed by atoms with Crippen molar-refractivity contribution in [2.45, 2.75) is 5.92 Å². The van der Waals surface area contributed by atoms with Crippen molar-refractivity contribution in [2.75, 3.05) is 20.7 Å². The average Bonchev–Trinajstić information content (AvgIpc) is 2.25. The van der Waals surface area contributed by atoms with Crippen LogP contribution in [-0.4, -0.2) is 31.8 Å². The molecule has 0 heterocycles. The van der Waals surface area contributed by atoms with Crippen LogP contribution in [0.3, 0.4) is 0 Å². The number of methoxy groups -OCH3 is 1. The highest BCUT2D eigenvalue weighted by Gasteiger charge is 2.18. The second-order valence-electron chi connectivity index (χ2n) is 3.23. The van der Waals surface area contributed by atoms with E-state index in [-0.39, 0.29) is 0 Å². The summed E-state index contributed by atoms with van der Waals surface area (Å²) < 4.78 is 5.05. The maximum absolute atomic E-state index is 11.0. The average molecular weight is 209 g/mol. The third-order valence-electron chi connectivity index (χ3n) is 2.20. The minimum absolute atomic E-state index is 0.405. The van der Waals surface area contributed by atoms with Crippen molar-refractivity contribution in [1.82, 2.24) is 5.32 Å². The summed E-state index contributed by atoms with van der Waals surface area (Å²) in [5.41, 5.74) is 0.746. The van der Waals surface area contributed by atoms with Gasteiger partial charge < -0.3 is 15.2 Å². The quantitative estimate of drug-likeness (QED) is 0.762. The monoisotopic (exact) mass is 209 g/mol. The summed E-state index contributed by atoms with van der Waals surface area (Å²) in [5, 5.41) is 11.9. The van der Waals surface area contributed by atoms with E-state index in [9.17, 15) is 4.79 Å². The van der Waals surface area contributed by atoms with E-state index in [0.717, 1.165) is 5.56 Å². The molecule has 82 valence electrons. The van der Waals surface area contributed by atoms with Gasteiger partial charge in [-0.15, -0.1) is 0 Å². The van der Waals surface area contributed by atoms with Gasteiger partial charge in [0.2, 0.25) is 0 Å². The van der Waals surface area contributed by atoms with E-state index >= 15 is 0 Å². The summed E-state index contributed by atoms with van der Waals surface area (Å²) in [6.07, 6.45) is 0. The number of ether oxygens (including phenoxy) is 1. The first-order valence-corrected chi connectivity index (χ1v) is 4.70. The molecule has 0 saturated carbocycles. The van der Waals surface area contributed by atoms with Crippen LogP contribution >= 0.6 is 0 Å². The van der Waals surface area contributed by atoms with Crippen LogP contribution in [0, 0.1) is 0 Å². The molecule has 0 aliphatic heterocycles. The van der Waals surface area contributed by atoms with Crippen molar-refractivity contribution in [3.8, 4) is 5.75 Å². The summed E-state index contributed by atoms with van der Waals surface area (Å²) in [7, 11) is 3.29. The van der Waals surface area contributed by atoms with Crippen molar-refractivity contribution < 1.29 is 14.6 Å². The smallest absolute Gasteiger partial charge is 0.312 e. The van der Waals surface area contributed by atoms with Crippen LogP contribution in [0.4, 0.5) is 0 Å². The third kappa shape index (κ3) is 2.95. The fraction of sp³-hybridized carbons (Fsp3) is 0.364. The topological polar surface area (TPSA) is 58.6 Å². The van der Waals surface area contributed by atoms with Crippen molar-refractivity contribution in [2.24, 2.45) is 0 Å². The molecule has 0 bridgehead atoms. The van der Waals surface area contributed by atoms with Gasteiger partial charge in [0.25, 0.3) is 0 Å². The van der Waals surface area contributed by atoms with E-state index in [4.69, 9.17) is 9.84 Å². The van der Waals surface area contributed by atoms with Crippen LogP contribution in [0.5, 0.6) is 5.75 Å². The number of carboxylic acids is 1. The van der Waals surface area contributed by atoms with Crippen LogP contribution in [0.15, 0.2) is 24.3 Å². The fourth-order valence-electron chi connectivity index (χ4n) is 1.41. The number of rotatable bonds is 5. The number of aliphatic carboxylic acids is 1. The molecule has 1 aromatic rings. The molecule has 0 aliphatic carbocycles. The fourth-order valence-corrected chi connectivity index (χ4v) is 1.41. The maximum atomic E-state index is 11.0. The zero-order valence-electron chi connectivity index (χ0n) is 8.86. The standard InChI is InChI=1S/C11H15NO3/c1-12-7-10(11(13)14)8-4-3-5-9(6-8)15-2/h3-6,10,12H,7H2,1-2H3,(H,13,14). The summed E-state index contributed by atoms with van der Waals surface area (Å²) in [6, 6.07) is 7.12. The predicted octanol–water partition coefficient (Wildman–Crippen LogP) is 1.08. The van der Waals surface area contributed by atoms with Gasteiger partial charge in [-0.25, -0.2) is 0 Å². The largest absolute Gasteiger partial charge is 0.497 e. The van der Waals surface area contributed by atoms with Gasteiger partial charge in [-0.05, 0) is 24.7 Å². The predicted molar refractivity (Wildman–Crippen MR) is 57.3 cm³/mol. The molecule has 0 amide bonds. The molecular formula is C11H15NO3. The van der Waals surface area contributed by atoms with E-state index in [0.29, 0.717) is 12.3 Å². The zero-order chi connectivity index (χ0) is 11.3. The molecule has 0 radical (unpaired) electrons. The van der Waals surface area contributed by atoms with E-state index in [1.807, 2.05) is 0 Å². The van der Waals surface area contributed by atoms with Crippen LogP contribution in [0.1, 0.15) is 11.5 Å². The first-order valence-electron chi connectivity index (χ1n) is 4.70. The molecule has 0 aromatic heterocycles. The highest BCUT2D eigenvalue weighted by Crippen LogP contribution is 2.20. The second-order valence-corrected chi connectivity index (χ2v) is 3.23. The molecule has 1 aromatic carbocycles. The molecule has 1 rings (SSSR count). The number of carboxylic acid groups (broad SMARTS) is 1. The molecule has 1 atom stereocenters. The SMILES string of the molecule is CNCC(C(=O)O)c1cccc(OC)c1. The van der Waals surface area contributed by atoms with Crippen LogP contribution in [0.25, 0.3) is 0 Å². The van der Waals surface area contributed by atoms with Gasteiger partial charge in [0.15, 0.2) is 0 Å². The molecule has 2 N–H and O–H groups in total. The van der Waals surface area contributed by atoms with Gasteiger partial charge in [-0.1, -0.05) is 12.1 Å². The molecule has 4 heteroatoms. The Morgan fingerprint density at radius 1 is 1.60 bits per heavy atom. The molecule has 4 nitrogen and oxygen atoms in total. The number of hydrogen-bond acceptors (Lipinski definition) is 3. The lowest BCUT2D eigenvalue weighted by atomic mass is 9.99. The van der Waals surface area contributed by atoms with Crippen LogP contribution in [0.2, 0.25) is 0 Å².